The maximum Gasteiger partial charge on any atom is 0.227 e. The van der Waals surface area contributed by atoms with Crippen LogP contribution in [0.3, 0.4) is 0 Å². The van der Waals surface area contributed by atoms with Gasteiger partial charge in [0.25, 0.3) is 0 Å². The molecule has 1 aromatic rings. The number of halogens is 1. The van der Waals surface area contributed by atoms with E-state index in [1.807, 2.05) is 4.90 Å². The van der Waals surface area contributed by atoms with Crippen molar-refractivity contribution in [2.45, 2.75) is 25.8 Å². The average molecular weight is 290 g/mol. The molecule has 0 saturated carbocycles. The van der Waals surface area contributed by atoms with Crippen molar-refractivity contribution in [3.8, 4) is 0 Å². The third-order valence-electron chi connectivity index (χ3n) is 4.30. The second kappa shape index (κ2) is 5.84. The largest absolute Gasteiger partial charge is 0.342 e. The van der Waals surface area contributed by atoms with Crippen LogP contribution in [0.15, 0.2) is 24.3 Å². The number of nitrogens with zero attached hydrogens (tertiary/aromatic N) is 2. The summed E-state index contributed by atoms with van der Waals surface area (Å²) in [5.41, 5.74) is 0.500. The molecular weight excluding hydrogens is 271 g/mol. The van der Waals surface area contributed by atoms with Gasteiger partial charge in [0.15, 0.2) is 0 Å². The van der Waals surface area contributed by atoms with Gasteiger partial charge in [-0.05, 0) is 18.9 Å². The summed E-state index contributed by atoms with van der Waals surface area (Å²) in [5.74, 6) is -0.547. The van der Waals surface area contributed by atoms with E-state index in [0.717, 1.165) is 25.9 Å². The molecule has 0 N–H and O–H groups in total. The van der Waals surface area contributed by atoms with Crippen LogP contribution in [0.5, 0.6) is 0 Å². The summed E-state index contributed by atoms with van der Waals surface area (Å²) in [4.78, 5) is 27.8. The number of amides is 2. The van der Waals surface area contributed by atoms with Crippen molar-refractivity contribution in [2.24, 2.45) is 5.92 Å². The van der Waals surface area contributed by atoms with Crippen LogP contribution in [0.4, 0.5) is 4.39 Å². The smallest absolute Gasteiger partial charge is 0.227 e. The molecule has 1 atom stereocenters. The van der Waals surface area contributed by atoms with E-state index in [2.05, 4.69) is 0 Å². The molecule has 0 bridgehead atoms. The van der Waals surface area contributed by atoms with E-state index in [1.54, 1.807) is 23.1 Å². The predicted molar refractivity (Wildman–Crippen MR) is 75.7 cm³/mol. The fourth-order valence-electron chi connectivity index (χ4n) is 3.12. The summed E-state index contributed by atoms with van der Waals surface area (Å²) in [7, 11) is 0. The summed E-state index contributed by atoms with van der Waals surface area (Å²) in [6, 6.07) is 6.46. The van der Waals surface area contributed by atoms with Gasteiger partial charge in [0.1, 0.15) is 5.82 Å². The van der Waals surface area contributed by atoms with E-state index < -0.39 is 0 Å². The number of hydrogen-bond donors (Lipinski definition) is 0. The second-order valence-corrected chi connectivity index (χ2v) is 5.80. The number of hydrogen-bond acceptors (Lipinski definition) is 2. The fraction of sp³-hybridized carbons (Fsp3) is 0.500. The molecule has 2 amide bonds. The molecule has 0 unspecified atom stereocenters. The van der Waals surface area contributed by atoms with Gasteiger partial charge in [-0.2, -0.15) is 0 Å². The highest BCUT2D eigenvalue weighted by atomic mass is 19.1. The minimum Gasteiger partial charge on any atom is -0.342 e. The van der Waals surface area contributed by atoms with Gasteiger partial charge in [0.2, 0.25) is 11.8 Å². The van der Waals surface area contributed by atoms with Gasteiger partial charge in [0.05, 0.1) is 5.92 Å². The Bertz CT molecular complexity index is 555. The molecule has 4 nitrogen and oxygen atoms in total. The standard InChI is InChI=1S/C16H19FN2O2/c17-14-6-2-1-5-12(14)10-19-11-13(9-15(19)20)16(21)18-7-3-4-8-18/h1-2,5-6,13H,3-4,7-11H2/t13-/m0/s1. The van der Waals surface area contributed by atoms with Crippen LogP contribution in [0.1, 0.15) is 24.8 Å². The quantitative estimate of drug-likeness (QED) is 0.851. The van der Waals surface area contributed by atoms with Crippen LogP contribution in [0.2, 0.25) is 0 Å². The van der Waals surface area contributed by atoms with Crippen molar-refractivity contribution in [2.75, 3.05) is 19.6 Å². The van der Waals surface area contributed by atoms with E-state index in [0.29, 0.717) is 12.1 Å². The molecule has 1 aromatic carbocycles. The topological polar surface area (TPSA) is 40.6 Å². The lowest BCUT2D eigenvalue weighted by Crippen LogP contribution is -2.35. The zero-order chi connectivity index (χ0) is 14.8. The normalized spacial score (nSPS) is 22.1. The van der Waals surface area contributed by atoms with Crippen LogP contribution in [-0.2, 0) is 16.1 Å². The molecule has 2 fully saturated rings. The minimum absolute atomic E-state index is 0.0594. The number of rotatable bonds is 3. The maximum absolute atomic E-state index is 13.7. The average Bonchev–Trinajstić information content (AvgIpc) is 3.11. The van der Waals surface area contributed by atoms with Crippen molar-refractivity contribution in [1.29, 1.82) is 0 Å². The van der Waals surface area contributed by atoms with Gasteiger partial charge in [-0.15, -0.1) is 0 Å². The molecule has 3 rings (SSSR count). The van der Waals surface area contributed by atoms with Crippen molar-refractivity contribution in [3.05, 3.63) is 35.6 Å². The molecular formula is C16H19FN2O2. The Morgan fingerprint density at radius 3 is 2.67 bits per heavy atom. The van der Waals surface area contributed by atoms with Gasteiger partial charge in [-0.1, -0.05) is 18.2 Å². The Morgan fingerprint density at radius 2 is 1.95 bits per heavy atom. The molecule has 2 aliphatic rings. The van der Waals surface area contributed by atoms with E-state index in [-0.39, 0.29) is 36.5 Å². The highest BCUT2D eigenvalue weighted by molar-refractivity contribution is 5.89. The van der Waals surface area contributed by atoms with E-state index in [9.17, 15) is 14.0 Å². The first-order valence-electron chi connectivity index (χ1n) is 7.45. The van der Waals surface area contributed by atoms with Gasteiger partial charge >= 0.3 is 0 Å². The fourth-order valence-corrected chi connectivity index (χ4v) is 3.12. The molecule has 21 heavy (non-hydrogen) atoms. The minimum atomic E-state index is -0.306. The summed E-state index contributed by atoms with van der Waals surface area (Å²) in [6.07, 6.45) is 2.35. The molecule has 0 radical (unpaired) electrons. The number of likely N-dealkylation sites (tertiary alicyclic amines) is 2. The SMILES string of the molecule is O=C1C[C@H](C(=O)N2CCCC2)CN1Cc1ccccc1F. The third kappa shape index (κ3) is 2.91. The van der Waals surface area contributed by atoms with E-state index >= 15 is 0 Å². The Morgan fingerprint density at radius 1 is 1.24 bits per heavy atom. The number of carbonyl (C=O) groups excluding carboxylic acids is 2. The molecule has 0 aromatic heterocycles. The molecule has 0 spiro atoms. The first-order valence-corrected chi connectivity index (χ1v) is 7.45. The highest BCUT2D eigenvalue weighted by Gasteiger charge is 2.37. The van der Waals surface area contributed by atoms with Crippen LogP contribution >= 0.6 is 0 Å². The Kier molecular flexibility index (Phi) is 3.90. The monoisotopic (exact) mass is 290 g/mol. The zero-order valence-corrected chi connectivity index (χ0v) is 11.9. The first kappa shape index (κ1) is 14.0. The number of carbonyl (C=O) groups is 2. The van der Waals surface area contributed by atoms with Crippen molar-refractivity contribution >= 4 is 11.8 Å². The Labute approximate surface area is 123 Å². The maximum atomic E-state index is 13.7. The third-order valence-corrected chi connectivity index (χ3v) is 4.30. The molecule has 2 aliphatic heterocycles. The lowest BCUT2D eigenvalue weighted by atomic mass is 10.1. The second-order valence-electron chi connectivity index (χ2n) is 5.80. The summed E-state index contributed by atoms with van der Waals surface area (Å²) in [5, 5.41) is 0. The van der Waals surface area contributed by atoms with Crippen LogP contribution in [-0.4, -0.2) is 41.2 Å². The van der Waals surface area contributed by atoms with Crippen LogP contribution < -0.4 is 0 Å². The molecule has 2 heterocycles. The van der Waals surface area contributed by atoms with Gasteiger partial charge in [-0.25, -0.2) is 4.39 Å². The molecule has 2 saturated heterocycles. The summed E-state index contributed by atoms with van der Waals surface area (Å²) < 4.78 is 13.7. The molecule has 5 heteroatoms. The summed E-state index contributed by atoms with van der Waals surface area (Å²) >= 11 is 0. The molecule has 112 valence electrons. The Balaban J connectivity index is 1.65. The Hall–Kier alpha value is -1.91. The van der Waals surface area contributed by atoms with Gasteiger partial charge < -0.3 is 9.80 Å². The first-order chi connectivity index (χ1) is 10.1. The van der Waals surface area contributed by atoms with Crippen molar-refractivity contribution in [3.63, 3.8) is 0 Å². The lowest BCUT2D eigenvalue weighted by molar-refractivity contribution is -0.134. The molecule has 0 aliphatic carbocycles. The van der Waals surface area contributed by atoms with E-state index in [1.165, 1.54) is 6.07 Å². The van der Waals surface area contributed by atoms with Gasteiger partial charge in [-0.3, -0.25) is 9.59 Å². The van der Waals surface area contributed by atoms with E-state index in [4.69, 9.17) is 0 Å². The van der Waals surface area contributed by atoms with Crippen molar-refractivity contribution in [1.82, 2.24) is 9.80 Å². The highest BCUT2D eigenvalue weighted by Crippen LogP contribution is 2.24. The predicted octanol–water partition coefficient (Wildman–Crippen LogP) is 1.80. The summed E-state index contributed by atoms with van der Waals surface area (Å²) in [6.45, 7) is 2.26. The van der Waals surface area contributed by atoms with Gasteiger partial charge in [0, 0.05) is 38.2 Å². The number of benzene rings is 1. The van der Waals surface area contributed by atoms with Crippen LogP contribution in [0, 0.1) is 11.7 Å². The van der Waals surface area contributed by atoms with Crippen LogP contribution in [0.25, 0.3) is 0 Å². The van der Waals surface area contributed by atoms with Crippen molar-refractivity contribution < 1.29 is 14.0 Å². The lowest BCUT2D eigenvalue weighted by Gasteiger charge is -2.20. The zero-order valence-electron chi connectivity index (χ0n) is 11.9.